The van der Waals surface area contributed by atoms with Crippen molar-refractivity contribution in [1.82, 2.24) is 14.5 Å². The highest BCUT2D eigenvalue weighted by Crippen LogP contribution is 2.45. The fourth-order valence-electron chi connectivity index (χ4n) is 6.40. The van der Waals surface area contributed by atoms with Crippen molar-refractivity contribution in [1.29, 1.82) is 0 Å². The Labute approximate surface area is 259 Å². The van der Waals surface area contributed by atoms with Gasteiger partial charge < -0.3 is 8.98 Å². The van der Waals surface area contributed by atoms with Crippen LogP contribution in [0.25, 0.3) is 55.7 Å². The number of pyridine rings is 1. The van der Waals surface area contributed by atoms with Crippen molar-refractivity contribution < 1.29 is 9.21 Å². The number of carbonyl (C=O) groups is 1. The normalized spacial score (nSPS) is 12.3. The molecule has 1 aliphatic rings. The Morgan fingerprint density at radius 3 is 2.36 bits per heavy atom. The van der Waals surface area contributed by atoms with Gasteiger partial charge in [-0.25, -0.2) is 9.97 Å². The Morgan fingerprint density at radius 1 is 0.773 bits per heavy atom. The fourth-order valence-corrected chi connectivity index (χ4v) is 6.70. The minimum atomic E-state index is -0.0421. The maximum Gasteiger partial charge on any atom is 0.196 e. The summed E-state index contributed by atoms with van der Waals surface area (Å²) in [7, 11) is 0. The van der Waals surface area contributed by atoms with E-state index in [0.29, 0.717) is 28.5 Å². The predicted molar refractivity (Wildman–Crippen MR) is 176 cm³/mol. The molecule has 5 nitrogen and oxygen atoms in total. The summed E-state index contributed by atoms with van der Waals surface area (Å²) in [5.74, 6) is 0.872. The number of ketones is 1. The maximum absolute atomic E-state index is 14.1. The molecule has 0 fully saturated rings. The molecule has 0 spiro atoms. The summed E-state index contributed by atoms with van der Waals surface area (Å²) in [6.45, 7) is 2.76. The highest BCUT2D eigenvalue weighted by Gasteiger charge is 2.34. The SMILES string of the molecule is CCCCc1nc(Cl)c(-c2cc(-c3ccc4oc5ccccc5c4c3)nc3c2C(=O)c2ccccc2-3)n1Cc1ccccc1. The zero-order chi connectivity index (χ0) is 29.8. The van der Waals surface area contributed by atoms with Gasteiger partial charge in [-0.1, -0.05) is 97.7 Å². The van der Waals surface area contributed by atoms with Gasteiger partial charge in [0.2, 0.25) is 0 Å². The Hall–Kier alpha value is -5.00. The third kappa shape index (κ3) is 4.27. The van der Waals surface area contributed by atoms with Gasteiger partial charge in [0.25, 0.3) is 0 Å². The zero-order valence-electron chi connectivity index (χ0n) is 24.2. The first-order chi connectivity index (χ1) is 21.6. The van der Waals surface area contributed by atoms with Crippen LogP contribution in [0.3, 0.4) is 0 Å². The van der Waals surface area contributed by atoms with Gasteiger partial charge in [-0.2, -0.15) is 0 Å². The molecule has 6 heteroatoms. The van der Waals surface area contributed by atoms with E-state index in [0.717, 1.165) is 80.7 Å². The topological polar surface area (TPSA) is 60.9 Å². The van der Waals surface area contributed by atoms with Gasteiger partial charge in [-0.15, -0.1) is 0 Å². The number of rotatable bonds is 7. The average Bonchev–Trinajstić information content (AvgIpc) is 3.68. The second-order valence-electron chi connectivity index (χ2n) is 11.3. The monoisotopic (exact) mass is 593 g/mol. The van der Waals surface area contributed by atoms with Crippen molar-refractivity contribution in [3.05, 3.63) is 131 Å². The van der Waals surface area contributed by atoms with Gasteiger partial charge in [0.05, 0.1) is 22.6 Å². The molecule has 7 aromatic rings. The van der Waals surface area contributed by atoms with Crippen molar-refractivity contribution in [3.8, 4) is 33.8 Å². The molecule has 1 aliphatic carbocycles. The van der Waals surface area contributed by atoms with Crippen molar-refractivity contribution >= 4 is 39.3 Å². The number of halogens is 1. The number of unbranched alkanes of at least 4 members (excludes halogenated alkanes) is 1. The smallest absolute Gasteiger partial charge is 0.196 e. The summed E-state index contributed by atoms with van der Waals surface area (Å²) in [5, 5.41) is 2.47. The minimum Gasteiger partial charge on any atom is -0.456 e. The molecule has 44 heavy (non-hydrogen) atoms. The highest BCUT2D eigenvalue weighted by atomic mass is 35.5. The number of aryl methyl sites for hydroxylation is 1. The number of nitrogens with zero attached hydrogens (tertiary/aromatic N) is 3. The van der Waals surface area contributed by atoms with E-state index in [4.69, 9.17) is 26.0 Å². The van der Waals surface area contributed by atoms with Crippen LogP contribution in [0.1, 0.15) is 47.1 Å². The number of furan rings is 1. The van der Waals surface area contributed by atoms with E-state index in [9.17, 15) is 4.79 Å². The van der Waals surface area contributed by atoms with Crippen LogP contribution in [0.4, 0.5) is 0 Å². The van der Waals surface area contributed by atoms with Gasteiger partial charge in [-0.3, -0.25) is 4.79 Å². The lowest BCUT2D eigenvalue weighted by molar-refractivity contribution is 0.104. The first kappa shape index (κ1) is 26.6. The molecular weight excluding hydrogens is 566 g/mol. The number of imidazole rings is 1. The Kier molecular flexibility index (Phi) is 6.42. The van der Waals surface area contributed by atoms with Crippen LogP contribution in [-0.4, -0.2) is 20.3 Å². The lowest BCUT2D eigenvalue weighted by Gasteiger charge is -2.16. The lowest BCUT2D eigenvalue weighted by Crippen LogP contribution is -2.09. The number of benzene rings is 4. The van der Waals surface area contributed by atoms with E-state index < -0.39 is 0 Å². The van der Waals surface area contributed by atoms with Crippen LogP contribution in [0.5, 0.6) is 0 Å². The molecule has 0 saturated carbocycles. The standard InChI is InChI=1S/C38H28ClN3O2/c1-2-3-17-33-41-38(39)36(42(33)22-23-11-5-4-6-12-23)29-21-30(40-35-26-14-7-8-15-27(26)37(43)34(29)35)24-18-19-32-28(20-24)25-13-9-10-16-31(25)44-32/h4-16,18-21H,2-3,17,22H2,1H3. The first-order valence-electron chi connectivity index (χ1n) is 15.0. The highest BCUT2D eigenvalue weighted by molar-refractivity contribution is 6.33. The molecule has 8 rings (SSSR count). The summed E-state index contributed by atoms with van der Waals surface area (Å²) >= 11 is 7.04. The molecule has 0 radical (unpaired) electrons. The van der Waals surface area contributed by atoms with Crippen LogP contribution in [0.2, 0.25) is 5.15 Å². The maximum atomic E-state index is 14.1. The number of hydrogen-bond acceptors (Lipinski definition) is 4. The van der Waals surface area contributed by atoms with E-state index in [1.165, 1.54) is 0 Å². The summed E-state index contributed by atoms with van der Waals surface area (Å²) in [5.41, 5.74) is 8.73. The van der Waals surface area contributed by atoms with E-state index in [1.54, 1.807) is 0 Å². The molecule has 0 saturated heterocycles. The van der Waals surface area contributed by atoms with E-state index >= 15 is 0 Å². The van der Waals surface area contributed by atoms with Crippen LogP contribution < -0.4 is 0 Å². The van der Waals surface area contributed by atoms with Crippen LogP contribution in [0.15, 0.2) is 108 Å². The Bertz CT molecular complexity index is 2230. The van der Waals surface area contributed by atoms with Crippen LogP contribution >= 0.6 is 11.6 Å². The Balaban J connectivity index is 1.39. The third-order valence-electron chi connectivity index (χ3n) is 8.54. The zero-order valence-corrected chi connectivity index (χ0v) is 24.9. The van der Waals surface area contributed by atoms with E-state index in [-0.39, 0.29) is 5.78 Å². The molecule has 0 bridgehead atoms. The molecule has 0 atom stereocenters. The first-order valence-corrected chi connectivity index (χ1v) is 15.4. The van der Waals surface area contributed by atoms with Crippen LogP contribution in [-0.2, 0) is 13.0 Å². The molecule has 214 valence electrons. The summed E-state index contributed by atoms with van der Waals surface area (Å²) < 4.78 is 8.29. The molecule has 3 heterocycles. The van der Waals surface area contributed by atoms with Crippen LogP contribution in [0, 0.1) is 0 Å². The van der Waals surface area contributed by atoms with Gasteiger partial charge in [0.15, 0.2) is 10.9 Å². The molecular formula is C38H28ClN3O2. The quantitative estimate of drug-likeness (QED) is 0.184. The largest absolute Gasteiger partial charge is 0.456 e. The number of aromatic nitrogens is 3. The predicted octanol–water partition coefficient (Wildman–Crippen LogP) is 9.77. The molecule has 0 unspecified atom stereocenters. The van der Waals surface area contributed by atoms with Crippen molar-refractivity contribution in [2.24, 2.45) is 0 Å². The fraction of sp³-hybridized carbons (Fsp3) is 0.132. The minimum absolute atomic E-state index is 0.0421. The van der Waals surface area contributed by atoms with Gasteiger partial charge in [-0.05, 0) is 42.3 Å². The van der Waals surface area contributed by atoms with Crippen molar-refractivity contribution in [2.45, 2.75) is 32.7 Å². The average molecular weight is 594 g/mol. The van der Waals surface area contributed by atoms with E-state index in [1.807, 2.05) is 78.9 Å². The molecule has 4 aromatic carbocycles. The van der Waals surface area contributed by atoms with Gasteiger partial charge in [0, 0.05) is 46.0 Å². The molecule has 3 aromatic heterocycles. The second kappa shape index (κ2) is 10.6. The van der Waals surface area contributed by atoms with Crippen molar-refractivity contribution in [3.63, 3.8) is 0 Å². The Morgan fingerprint density at radius 2 is 1.52 bits per heavy atom. The summed E-state index contributed by atoms with van der Waals surface area (Å²) in [4.78, 5) is 24.1. The number of para-hydroxylation sites is 1. The number of fused-ring (bicyclic) bond motifs is 6. The molecule has 0 aliphatic heterocycles. The van der Waals surface area contributed by atoms with Gasteiger partial charge >= 0.3 is 0 Å². The van der Waals surface area contributed by atoms with E-state index in [2.05, 4.69) is 35.8 Å². The molecule has 0 amide bonds. The number of hydrogen-bond donors (Lipinski definition) is 0. The third-order valence-corrected chi connectivity index (χ3v) is 8.81. The summed E-state index contributed by atoms with van der Waals surface area (Å²) in [6, 6.07) is 34.2. The molecule has 0 N–H and O–H groups in total. The number of carbonyl (C=O) groups excluding carboxylic acids is 1. The summed E-state index contributed by atoms with van der Waals surface area (Å²) in [6.07, 6.45) is 2.82. The van der Waals surface area contributed by atoms with Crippen molar-refractivity contribution in [2.75, 3.05) is 0 Å². The lowest BCUT2D eigenvalue weighted by atomic mass is 9.98. The van der Waals surface area contributed by atoms with Gasteiger partial charge in [0.1, 0.15) is 17.0 Å². The second-order valence-corrected chi connectivity index (χ2v) is 11.7.